The Morgan fingerprint density at radius 2 is 1.92 bits per heavy atom. The van der Waals surface area contributed by atoms with Gasteiger partial charge >= 0.3 is 0 Å². The molecular weight excluding hydrogens is 360 g/mol. The van der Waals surface area contributed by atoms with Crippen LogP contribution in [-0.4, -0.2) is 50.8 Å². The summed E-state index contributed by atoms with van der Waals surface area (Å²) in [5.74, 6) is 1.64. The van der Waals surface area contributed by atoms with E-state index in [2.05, 4.69) is 12.6 Å². The van der Waals surface area contributed by atoms with Crippen molar-refractivity contribution in [3.63, 3.8) is 0 Å². The van der Waals surface area contributed by atoms with Crippen molar-refractivity contribution in [2.45, 2.75) is 55.4 Å². The van der Waals surface area contributed by atoms with E-state index < -0.39 is 9.76 Å². The largest absolute Gasteiger partial charge is 0.544 e. The van der Waals surface area contributed by atoms with Crippen molar-refractivity contribution >= 4 is 20.0 Å². The first-order chi connectivity index (χ1) is 12.6. The molecule has 0 spiro atoms. The summed E-state index contributed by atoms with van der Waals surface area (Å²) in [6.07, 6.45) is 9.68. The molecule has 144 valence electrons. The topological polar surface area (TPSA) is 36.9 Å². The third-order valence-corrected chi connectivity index (χ3v) is 10.5. The average molecular weight is 393 g/mol. The van der Waals surface area contributed by atoms with Gasteiger partial charge in [0.25, 0.3) is 9.76 Å². The Bertz CT molecular complexity index is 608. The van der Waals surface area contributed by atoms with Crippen LogP contribution in [-0.2, 0) is 15.9 Å². The predicted octanol–water partition coefficient (Wildman–Crippen LogP) is 2.05. The maximum absolute atomic E-state index is 6.46. The molecule has 0 amide bonds. The fourth-order valence-electron chi connectivity index (χ4n) is 4.15. The van der Waals surface area contributed by atoms with Crippen LogP contribution in [0.25, 0.3) is 0 Å². The number of ether oxygens (including phenoxy) is 3. The van der Waals surface area contributed by atoms with Crippen LogP contribution in [0.2, 0.25) is 0 Å². The molecule has 6 heteroatoms. The second kappa shape index (κ2) is 8.73. The molecule has 0 radical (unpaired) electrons. The van der Waals surface area contributed by atoms with Crippen LogP contribution in [0.3, 0.4) is 0 Å². The number of benzene rings is 1. The maximum atomic E-state index is 6.46. The lowest BCUT2D eigenvalue weighted by atomic mass is 9.96. The van der Waals surface area contributed by atoms with Gasteiger partial charge in [0.05, 0.1) is 12.3 Å². The zero-order valence-electron chi connectivity index (χ0n) is 16.2. The zero-order valence-corrected chi connectivity index (χ0v) is 19.6. The van der Waals surface area contributed by atoms with E-state index in [1.807, 2.05) is 18.2 Å². The van der Waals surface area contributed by atoms with E-state index in [9.17, 15) is 0 Å². The molecule has 0 bridgehead atoms. The summed E-state index contributed by atoms with van der Waals surface area (Å²) in [6.45, 7) is 5.50. The summed E-state index contributed by atoms with van der Waals surface area (Å²) >= 11 is 0. The number of methoxy groups -OCH3 is 1. The van der Waals surface area contributed by atoms with Crippen LogP contribution >= 0.6 is 0 Å². The molecule has 2 aliphatic rings. The van der Waals surface area contributed by atoms with E-state index in [0.717, 1.165) is 60.6 Å². The van der Waals surface area contributed by atoms with Gasteiger partial charge in [-0.05, 0) is 62.6 Å². The van der Waals surface area contributed by atoms with Gasteiger partial charge in [-0.15, -0.1) is 6.58 Å². The van der Waals surface area contributed by atoms with Crippen molar-refractivity contribution in [1.29, 1.82) is 0 Å². The van der Waals surface area contributed by atoms with Gasteiger partial charge in [-0.2, -0.15) is 0 Å². The number of hydrogen-bond donors (Lipinski definition) is 0. The van der Waals surface area contributed by atoms with E-state index in [4.69, 9.17) is 18.6 Å². The molecule has 0 aliphatic carbocycles. The Morgan fingerprint density at radius 3 is 2.54 bits per heavy atom. The Labute approximate surface area is 162 Å². The molecule has 2 saturated heterocycles. The summed E-state index contributed by atoms with van der Waals surface area (Å²) in [4.78, 5) is 0. The van der Waals surface area contributed by atoms with Crippen LogP contribution in [0.1, 0.15) is 44.1 Å². The summed E-state index contributed by atoms with van der Waals surface area (Å²) in [5.41, 5.74) is 1.18. The van der Waals surface area contributed by atoms with E-state index in [1.54, 1.807) is 7.11 Å². The molecule has 3 rings (SSSR count). The van der Waals surface area contributed by atoms with Gasteiger partial charge in [-0.3, -0.25) is 0 Å². The highest BCUT2D eigenvalue weighted by Crippen LogP contribution is 2.41. The highest BCUT2D eigenvalue weighted by Gasteiger charge is 2.52. The maximum Gasteiger partial charge on any atom is 0.253 e. The van der Waals surface area contributed by atoms with Crippen LogP contribution in [0.5, 0.6) is 11.5 Å². The van der Waals surface area contributed by atoms with E-state index in [-0.39, 0.29) is 10.4 Å². The zero-order chi connectivity index (χ0) is 18.5. The van der Waals surface area contributed by atoms with Crippen molar-refractivity contribution < 1.29 is 18.6 Å². The lowest BCUT2D eigenvalue weighted by molar-refractivity contribution is -0.162. The van der Waals surface area contributed by atoms with Gasteiger partial charge in [0.2, 0.25) is 0 Å². The Kier molecular flexibility index (Phi) is 6.61. The lowest BCUT2D eigenvalue weighted by Crippen LogP contribution is -2.65. The minimum Gasteiger partial charge on any atom is -0.544 e. The number of hydrogen-bond acceptors (Lipinski definition) is 4. The van der Waals surface area contributed by atoms with E-state index in [0.29, 0.717) is 0 Å². The molecule has 1 aromatic carbocycles. The van der Waals surface area contributed by atoms with Crippen LogP contribution in [0, 0.1) is 0 Å². The monoisotopic (exact) mass is 392 g/mol. The first kappa shape index (κ1) is 19.7. The molecule has 2 aliphatic heterocycles. The predicted molar refractivity (Wildman–Crippen MR) is 111 cm³/mol. The minimum absolute atomic E-state index is 0.0894. The first-order valence-corrected chi connectivity index (χ1v) is 12.1. The fourth-order valence-corrected chi connectivity index (χ4v) is 7.37. The Hall–Kier alpha value is -1.09. The van der Waals surface area contributed by atoms with Crippen molar-refractivity contribution in [2.75, 3.05) is 20.3 Å². The SMILES string of the molecule is C=CCc1ccc(O[SiH2]C2(C3([SiH3])CCCCO3)CCCCO2)c(OC)c1. The molecule has 0 saturated carbocycles. The van der Waals surface area contributed by atoms with Gasteiger partial charge in [0.1, 0.15) is 11.0 Å². The van der Waals surface area contributed by atoms with Crippen molar-refractivity contribution in [3.8, 4) is 11.5 Å². The molecule has 4 nitrogen and oxygen atoms in total. The van der Waals surface area contributed by atoms with Gasteiger partial charge < -0.3 is 18.6 Å². The smallest absolute Gasteiger partial charge is 0.253 e. The summed E-state index contributed by atoms with van der Waals surface area (Å²) in [7, 11) is 1.68. The lowest BCUT2D eigenvalue weighted by Gasteiger charge is -2.51. The molecule has 1 aromatic rings. The number of rotatable bonds is 7. The van der Waals surface area contributed by atoms with Crippen LogP contribution in [0.15, 0.2) is 30.9 Å². The van der Waals surface area contributed by atoms with Gasteiger partial charge in [0, 0.05) is 23.5 Å². The normalized spacial score (nSPS) is 29.7. The molecule has 2 heterocycles. The third-order valence-electron chi connectivity index (χ3n) is 5.85. The molecule has 0 N–H and O–H groups in total. The second-order valence-corrected chi connectivity index (χ2v) is 10.9. The summed E-state index contributed by atoms with van der Waals surface area (Å²) in [5, 5.41) is -0.281. The number of allylic oxidation sites excluding steroid dienone is 1. The highest BCUT2D eigenvalue weighted by molar-refractivity contribution is 6.37. The van der Waals surface area contributed by atoms with Gasteiger partial charge in [-0.25, -0.2) is 0 Å². The fraction of sp³-hybridized carbons (Fsp3) is 0.600. The van der Waals surface area contributed by atoms with Crippen molar-refractivity contribution in [3.05, 3.63) is 36.4 Å². The second-order valence-electron chi connectivity index (χ2n) is 7.60. The molecule has 2 unspecified atom stereocenters. The first-order valence-electron chi connectivity index (χ1n) is 9.81. The molecular formula is C20H32O4Si2. The minimum atomic E-state index is -1.01. The third kappa shape index (κ3) is 4.08. The molecule has 0 aromatic heterocycles. The van der Waals surface area contributed by atoms with Crippen molar-refractivity contribution in [2.24, 2.45) is 0 Å². The van der Waals surface area contributed by atoms with Gasteiger partial charge in [-0.1, -0.05) is 12.1 Å². The molecule has 2 atom stereocenters. The molecule has 26 heavy (non-hydrogen) atoms. The highest BCUT2D eigenvalue weighted by atomic mass is 28.2. The average Bonchev–Trinajstić information content (AvgIpc) is 2.68. The Balaban J connectivity index is 1.79. The van der Waals surface area contributed by atoms with E-state index in [1.165, 1.54) is 24.8 Å². The van der Waals surface area contributed by atoms with Gasteiger partial charge in [0.15, 0.2) is 5.75 Å². The quantitative estimate of drug-likeness (QED) is 0.526. The summed E-state index contributed by atoms with van der Waals surface area (Å²) < 4.78 is 24.8. The molecule has 2 fully saturated rings. The van der Waals surface area contributed by atoms with Crippen LogP contribution in [0.4, 0.5) is 0 Å². The van der Waals surface area contributed by atoms with Crippen molar-refractivity contribution in [1.82, 2.24) is 0 Å². The summed E-state index contributed by atoms with van der Waals surface area (Å²) in [6, 6.07) is 6.17. The van der Waals surface area contributed by atoms with E-state index >= 15 is 0 Å². The Morgan fingerprint density at radius 1 is 1.15 bits per heavy atom. The van der Waals surface area contributed by atoms with Crippen LogP contribution < -0.4 is 9.16 Å². The standard InChI is InChI=1S/C20H32O4Si2/c1-3-8-16-9-10-17(18(15-16)21-2)24-26-20(12-5-7-14-23-20)19(25)11-4-6-13-22-19/h3,9-10,15H,1,4-8,11-14,26H2,2,25H3.